The first kappa shape index (κ1) is 15.1. The van der Waals surface area contributed by atoms with Crippen molar-refractivity contribution in [2.24, 2.45) is 0 Å². The van der Waals surface area contributed by atoms with Gasteiger partial charge in [0, 0.05) is 19.1 Å². The summed E-state index contributed by atoms with van der Waals surface area (Å²) in [7, 11) is 0. The van der Waals surface area contributed by atoms with Crippen LogP contribution in [0.3, 0.4) is 0 Å². The second kappa shape index (κ2) is 6.92. The fourth-order valence-corrected chi connectivity index (χ4v) is 2.59. The molecule has 1 unspecified atom stereocenters. The maximum Gasteiger partial charge on any atom is 0.320 e. The van der Waals surface area contributed by atoms with Gasteiger partial charge < -0.3 is 19.6 Å². The number of amides is 2. The molecule has 1 atom stereocenters. The minimum atomic E-state index is -0.884. The molecule has 20 heavy (non-hydrogen) atoms. The number of hydrogen-bond donors (Lipinski definition) is 1. The fraction of sp³-hybridized carbons (Fsp3) is 0.857. The minimum absolute atomic E-state index is 0.00417. The van der Waals surface area contributed by atoms with E-state index in [-0.39, 0.29) is 18.5 Å². The zero-order chi connectivity index (χ0) is 14.5. The van der Waals surface area contributed by atoms with Crippen LogP contribution in [-0.2, 0) is 9.53 Å². The summed E-state index contributed by atoms with van der Waals surface area (Å²) in [5.41, 5.74) is 0. The van der Waals surface area contributed by atoms with Crippen LogP contribution < -0.4 is 0 Å². The SMILES string of the molecule is CCCCN(C(=O)N1CCOCC1CC(=O)O)C1CC1. The van der Waals surface area contributed by atoms with Crippen molar-refractivity contribution in [2.75, 3.05) is 26.3 Å². The van der Waals surface area contributed by atoms with Gasteiger partial charge in [-0.25, -0.2) is 4.79 Å². The summed E-state index contributed by atoms with van der Waals surface area (Å²) >= 11 is 0. The smallest absolute Gasteiger partial charge is 0.320 e. The zero-order valence-electron chi connectivity index (χ0n) is 12.1. The summed E-state index contributed by atoms with van der Waals surface area (Å²) in [4.78, 5) is 27.2. The van der Waals surface area contributed by atoms with Crippen molar-refractivity contribution in [1.82, 2.24) is 9.80 Å². The van der Waals surface area contributed by atoms with Gasteiger partial charge >= 0.3 is 12.0 Å². The molecule has 0 aromatic carbocycles. The van der Waals surface area contributed by atoms with Gasteiger partial charge in [0.2, 0.25) is 0 Å². The van der Waals surface area contributed by atoms with E-state index in [1.54, 1.807) is 4.90 Å². The van der Waals surface area contributed by atoms with Gasteiger partial charge in [0.25, 0.3) is 0 Å². The molecule has 6 nitrogen and oxygen atoms in total. The third kappa shape index (κ3) is 3.85. The highest BCUT2D eigenvalue weighted by atomic mass is 16.5. The molecule has 2 fully saturated rings. The Hall–Kier alpha value is -1.30. The van der Waals surface area contributed by atoms with Gasteiger partial charge in [-0.3, -0.25) is 4.79 Å². The van der Waals surface area contributed by atoms with E-state index in [4.69, 9.17) is 9.84 Å². The molecule has 2 aliphatic rings. The van der Waals surface area contributed by atoms with Gasteiger partial charge in [-0.15, -0.1) is 0 Å². The van der Waals surface area contributed by atoms with Crippen LogP contribution in [0.4, 0.5) is 4.79 Å². The Morgan fingerprint density at radius 2 is 2.15 bits per heavy atom. The maximum atomic E-state index is 12.7. The van der Waals surface area contributed by atoms with Crippen LogP contribution in [0.1, 0.15) is 39.0 Å². The number of rotatable bonds is 6. The molecule has 0 aromatic heterocycles. The third-order valence-electron chi connectivity index (χ3n) is 3.87. The highest BCUT2D eigenvalue weighted by Crippen LogP contribution is 2.29. The standard InChI is InChI=1S/C14H24N2O4/c1-2-3-6-15(11-4-5-11)14(19)16-7-8-20-10-12(16)9-13(17)18/h11-12H,2-10H2,1H3,(H,17,18). The summed E-state index contributed by atoms with van der Waals surface area (Å²) < 4.78 is 5.32. The number of carboxylic acids is 1. The lowest BCUT2D eigenvalue weighted by atomic mass is 10.1. The van der Waals surface area contributed by atoms with Crippen LogP contribution in [0.15, 0.2) is 0 Å². The van der Waals surface area contributed by atoms with Crippen LogP contribution in [-0.4, -0.2) is 65.3 Å². The van der Waals surface area contributed by atoms with E-state index in [0.717, 1.165) is 32.2 Å². The Labute approximate surface area is 119 Å². The molecule has 0 bridgehead atoms. The van der Waals surface area contributed by atoms with Crippen molar-refractivity contribution in [3.8, 4) is 0 Å². The summed E-state index contributed by atoms with van der Waals surface area (Å²) in [6, 6.07) is 0.0227. The largest absolute Gasteiger partial charge is 0.481 e. The number of unbranched alkanes of at least 4 members (excludes halogenated alkanes) is 1. The van der Waals surface area contributed by atoms with E-state index in [1.165, 1.54) is 0 Å². The number of morpholine rings is 1. The lowest BCUT2D eigenvalue weighted by Gasteiger charge is -2.38. The molecule has 1 aliphatic carbocycles. The Bertz CT molecular complexity index is 357. The quantitative estimate of drug-likeness (QED) is 0.803. The van der Waals surface area contributed by atoms with E-state index in [1.807, 2.05) is 4.90 Å². The van der Waals surface area contributed by atoms with Crippen LogP contribution in [0.2, 0.25) is 0 Å². The highest BCUT2D eigenvalue weighted by Gasteiger charge is 2.38. The molecule has 0 spiro atoms. The Balaban J connectivity index is 2.00. The van der Waals surface area contributed by atoms with Crippen molar-refractivity contribution in [3.63, 3.8) is 0 Å². The predicted octanol–water partition coefficient (Wildman–Crippen LogP) is 1.55. The average molecular weight is 284 g/mol. The molecule has 1 saturated heterocycles. The molecule has 114 valence electrons. The topological polar surface area (TPSA) is 70.1 Å². The van der Waals surface area contributed by atoms with Crippen LogP contribution in [0, 0.1) is 0 Å². The molecule has 2 rings (SSSR count). The van der Waals surface area contributed by atoms with E-state index in [0.29, 0.717) is 25.8 Å². The molecule has 6 heteroatoms. The number of carbonyl (C=O) groups is 2. The van der Waals surface area contributed by atoms with Crippen LogP contribution in [0.5, 0.6) is 0 Å². The number of carboxylic acid groups (broad SMARTS) is 1. The van der Waals surface area contributed by atoms with Gasteiger partial charge in [0.05, 0.1) is 25.7 Å². The van der Waals surface area contributed by atoms with E-state index in [2.05, 4.69) is 6.92 Å². The van der Waals surface area contributed by atoms with Gasteiger partial charge in [-0.2, -0.15) is 0 Å². The lowest BCUT2D eigenvalue weighted by Crippen LogP contribution is -2.54. The van der Waals surface area contributed by atoms with Crippen molar-refractivity contribution in [3.05, 3.63) is 0 Å². The number of ether oxygens (including phenoxy) is 1. The second-order valence-corrected chi connectivity index (χ2v) is 5.58. The number of carbonyl (C=O) groups excluding carboxylic acids is 1. The van der Waals surface area contributed by atoms with Gasteiger partial charge in [0.1, 0.15) is 0 Å². The normalized spacial score (nSPS) is 22.6. The molecule has 0 radical (unpaired) electrons. The second-order valence-electron chi connectivity index (χ2n) is 5.58. The Kier molecular flexibility index (Phi) is 5.23. The van der Waals surface area contributed by atoms with Gasteiger partial charge in [-0.05, 0) is 19.3 Å². The predicted molar refractivity (Wildman–Crippen MR) is 73.6 cm³/mol. The van der Waals surface area contributed by atoms with E-state index < -0.39 is 5.97 Å². The molecule has 2 amide bonds. The summed E-state index contributed by atoms with van der Waals surface area (Å²) in [5, 5.41) is 8.96. The fourth-order valence-electron chi connectivity index (χ4n) is 2.59. The van der Waals surface area contributed by atoms with Crippen molar-refractivity contribution >= 4 is 12.0 Å². The Morgan fingerprint density at radius 1 is 1.40 bits per heavy atom. The molecule has 1 saturated carbocycles. The summed E-state index contributed by atoms with van der Waals surface area (Å²) in [6.07, 6.45) is 4.15. The summed E-state index contributed by atoms with van der Waals surface area (Å²) in [6.45, 7) is 4.19. The number of hydrogen-bond acceptors (Lipinski definition) is 3. The highest BCUT2D eigenvalue weighted by molar-refractivity contribution is 5.77. The monoisotopic (exact) mass is 284 g/mol. The molecular weight excluding hydrogens is 260 g/mol. The van der Waals surface area contributed by atoms with E-state index in [9.17, 15) is 9.59 Å². The maximum absolute atomic E-state index is 12.7. The first-order valence-corrected chi connectivity index (χ1v) is 7.50. The van der Waals surface area contributed by atoms with Crippen molar-refractivity contribution in [1.29, 1.82) is 0 Å². The minimum Gasteiger partial charge on any atom is -0.481 e. The number of urea groups is 1. The summed E-state index contributed by atoms with van der Waals surface area (Å²) in [5.74, 6) is -0.884. The Morgan fingerprint density at radius 3 is 2.75 bits per heavy atom. The third-order valence-corrected chi connectivity index (χ3v) is 3.87. The van der Waals surface area contributed by atoms with Gasteiger partial charge in [-0.1, -0.05) is 13.3 Å². The first-order chi connectivity index (χ1) is 9.63. The molecule has 0 aromatic rings. The number of aliphatic carboxylic acids is 1. The van der Waals surface area contributed by atoms with Crippen LogP contribution >= 0.6 is 0 Å². The van der Waals surface area contributed by atoms with Crippen molar-refractivity contribution in [2.45, 2.75) is 51.1 Å². The number of nitrogens with zero attached hydrogens (tertiary/aromatic N) is 2. The lowest BCUT2D eigenvalue weighted by molar-refractivity contribution is -0.139. The average Bonchev–Trinajstić information content (AvgIpc) is 3.23. The first-order valence-electron chi connectivity index (χ1n) is 7.50. The molecule has 1 N–H and O–H groups in total. The van der Waals surface area contributed by atoms with Crippen LogP contribution in [0.25, 0.3) is 0 Å². The molecule has 1 heterocycles. The molecule has 1 aliphatic heterocycles. The zero-order valence-corrected chi connectivity index (χ0v) is 12.1. The van der Waals surface area contributed by atoms with Gasteiger partial charge in [0.15, 0.2) is 0 Å². The van der Waals surface area contributed by atoms with Crippen molar-refractivity contribution < 1.29 is 19.4 Å². The van der Waals surface area contributed by atoms with E-state index >= 15 is 0 Å². The molecular formula is C14H24N2O4.